The third kappa shape index (κ3) is 4.68. The number of carbonyl (C=O) groups is 1. The number of hydrogen-bond donors (Lipinski definition) is 2. The van der Waals surface area contributed by atoms with Gasteiger partial charge in [-0.05, 0) is 24.1 Å². The summed E-state index contributed by atoms with van der Waals surface area (Å²) in [5.74, 6) is 0.567. The van der Waals surface area contributed by atoms with Gasteiger partial charge in [0.1, 0.15) is 0 Å². The molecule has 0 saturated heterocycles. The predicted molar refractivity (Wildman–Crippen MR) is 68.4 cm³/mol. The zero-order valence-corrected chi connectivity index (χ0v) is 10.3. The maximum absolute atomic E-state index is 11.3. The molecule has 1 rings (SSSR count). The smallest absolute Gasteiger partial charge is 0.230 e. The van der Waals surface area contributed by atoms with Crippen LogP contribution in [0.3, 0.4) is 0 Å². The molecule has 1 aromatic carbocycles. The van der Waals surface area contributed by atoms with Gasteiger partial charge in [-0.25, -0.2) is 0 Å². The molecule has 0 heterocycles. The van der Waals surface area contributed by atoms with Crippen LogP contribution in [0, 0.1) is 0 Å². The molecule has 0 aliphatic carbocycles. The fraction of sp³-hybridized carbons (Fsp3) is 0.417. The van der Waals surface area contributed by atoms with E-state index in [9.17, 15) is 4.79 Å². The summed E-state index contributed by atoms with van der Waals surface area (Å²) in [5, 5.41) is 2.85. The first-order chi connectivity index (χ1) is 7.76. The predicted octanol–water partition coefficient (Wildman–Crippen LogP) is 1.76. The van der Waals surface area contributed by atoms with Crippen LogP contribution in [0.4, 0.5) is 0 Å². The summed E-state index contributed by atoms with van der Waals surface area (Å²) in [5.41, 5.74) is 6.62. The second kappa shape index (κ2) is 7.30. The zero-order chi connectivity index (χ0) is 11.8. The van der Waals surface area contributed by atoms with Crippen LogP contribution in [-0.4, -0.2) is 18.2 Å². The van der Waals surface area contributed by atoms with Crippen LogP contribution in [0.5, 0.6) is 0 Å². The number of benzene rings is 1. The Morgan fingerprint density at radius 1 is 1.38 bits per heavy atom. The molecule has 0 aliphatic heterocycles. The molecule has 0 saturated carbocycles. The van der Waals surface area contributed by atoms with Crippen molar-refractivity contribution in [3.63, 3.8) is 0 Å². The van der Waals surface area contributed by atoms with Gasteiger partial charge >= 0.3 is 0 Å². The first-order valence-electron chi connectivity index (χ1n) is 5.44. The Kier molecular flexibility index (Phi) is 5.96. The minimum atomic E-state index is 0.0924. The minimum absolute atomic E-state index is 0.0924. The first-order valence-corrected chi connectivity index (χ1v) is 6.43. The van der Waals surface area contributed by atoms with E-state index in [4.69, 9.17) is 5.73 Å². The topological polar surface area (TPSA) is 55.1 Å². The third-order valence-electron chi connectivity index (χ3n) is 2.10. The molecule has 16 heavy (non-hydrogen) atoms. The van der Waals surface area contributed by atoms with Gasteiger partial charge in [-0.1, -0.05) is 19.1 Å². The van der Waals surface area contributed by atoms with Crippen LogP contribution in [0.15, 0.2) is 29.2 Å². The highest BCUT2D eigenvalue weighted by molar-refractivity contribution is 8.00. The fourth-order valence-corrected chi connectivity index (χ4v) is 1.91. The van der Waals surface area contributed by atoms with Gasteiger partial charge in [-0.15, -0.1) is 11.8 Å². The van der Waals surface area contributed by atoms with Gasteiger partial charge < -0.3 is 11.1 Å². The molecule has 0 unspecified atom stereocenters. The molecule has 88 valence electrons. The molecule has 0 aliphatic rings. The first kappa shape index (κ1) is 13.1. The van der Waals surface area contributed by atoms with E-state index in [0.717, 1.165) is 23.4 Å². The Balaban J connectivity index is 2.33. The number of nitrogens with one attached hydrogen (secondary N) is 1. The van der Waals surface area contributed by atoms with Gasteiger partial charge in [0.25, 0.3) is 0 Å². The highest BCUT2D eigenvalue weighted by Crippen LogP contribution is 2.17. The van der Waals surface area contributed by atoms with Crippen molar-refractivity contribution < 1.29 is 4.79 Å². The maximum Gasteiger partial charge on any atom is 0.230 e. The summed E-state index contributed by atoms with van der Waals surface area (Å²) in [6.45, 7) is 3.35. The lowest BCUT2D eigenvalue weighted by Crippen LogP contribution is -2.25. The van der Waals surface area contributed by atoms with Crippen molar-refractivity contribution in [3.8, 4) is 0 Å². The Morgan fingerprint density at radius 3 is 2.62 bits per heavy atom. The summed E-state index contributed by atoms with van der Waals surface area (Å²) in [7, 11) is 0. The van der Waals surface area contributed by atoms with E-state index >= 15 is 0 Å². The second-order valence-corrected chi connectivity index (χ2v) is 4.54. The van der Waals surface area contributed by atoms with Crippen molar-refractivity contribution in [3.05, 3.63) is 29.8 Å². The van der Waals surface area contributed by atoms with E-state index in [1.54, 1.807) is 11.8 Å². The lowest BCUT2D eigenvalue weighted by atomic mass is 10.2. The molecule has 1 amide bonds. The van der Waals surface area contributed by atoms with Gasteiger partial charge in [-0.2, -0.15) is 0 Å². The molecule has 0 radical (unpaired) electrons. The highest BCUT2D eigenvalue weighted by atomic mass is 32.2. The van der Waals surface area contributed by atoms with Gasteiger partial charge in [-0.3, -0.25) is 4.79 Å². The van der Waals surface area contributed by atoms with E-state index in [1.165, 1.54) is 0 Å². The Labute approximate surface area is 101 Å². The van der Waals surface area contributed by atoms with E-state index in [1.807, 2.05) is 31.2 Å². The summed E-state index contributed by atoms with van der Waals surface area (Å²) in [4.78, 5) is 12.4. The van der Waals surface area contributed by atoms with Crippen molar-refractivity contribution in [1.82, 2.24) is 5.32 Å². The molecular formula is C12H18N2OS. The molecule has 0 aromatic heterocycles. The number of thioether (sulfide) groups is 1. The molecule has 3 nitrogen and oxygen atoms in total. The van der Waals surface area contributed by atoms with Crippen LogP contribution >= 0.6 is 11.8 Å². The van der Waals surface area contributed by atoms with Crippen LogP contribution in [0.25, 0.3) is 0 Å². The molecule has 0 fully saturated rings. The molecule has 3 N–H and O–H groups in total. The van der Waals surface area contributed by atoms with E-state index < -0.39 is 0 Å². The van der Waals surface area contributed by atoms with Crippen LogP contribution in [-0.2, 0) is 11.3 Å². The van der Waals surface area contributed by atoms with Crippen LogP contribution < -0.4 is 11.1 Å². The van der Waals surface area contributed by atoms with Gasteiger partial charge in [0.05, 0.1) is 5.75 Å². The SMILES string of the molecule is CCCNC(=O)CSc1ccc(CN)cc1. The average Bonchev–Trinajstić information content (AvgIpc) is 2.34. The van der Waals surface area contributed by atoms with Gasteiger partial charge in [0.15, 0.2) is 0 Å². The van der Waals surface area contributed by atoms with E-state index in [-0.39, 0.29) is 5.91 Å². The van der Waals surface area contributed by atoms with Crippen LogP contribution in [0.1, 0.15) is 18.9 Å². The van der Waals surface area contributed by atoms with Gasteiger partial charge in [0.2, 0.25) is 5.91 Å². The maximum atomic E-state index is 11.3. The number of rotatable bonds is 6. The Bertz CT molecular complexity index is 324. The number of carbonyl (C=O) groups excluding carboxylic acids is 1. The number of nitrogens with two attached hydrogens (primary N) is 1. The minimum Gasteiger partial charge on any atom is -0.355 e. The van der Waals surface area contributed by atoms with Crippen LogP contribution in [0.2, 0.25) is 0 Å². The lowest BCUT2D eigenvalue weighted by molar-refractivity contribution is -0.118. The average molecular weight is 238 g/mol. The summed E-state index contributed by atoms with van der Waals surface area (Å²) >= 11 is 1.55. The second-order valence-electron chi connectivity index (χ2n) is 3.49. The van der Waals surface area contributed by atoms with Crippen molar-refractivity contribution >= 4 is 17.7 Å². The lowest BCUT2D eigenvalue weighted by Gasteiger charge is -2.04. The molecule has 0 atom stereocenters. The molecular weight excluding hydrogens is 220 g/mol. The van der Waals surface area contributed by atoms with Crippen molar-refractivity contribution in [1.29, 1.82) is 0 Å². The van der Waals surface area contributed by atoms with Crippen molar-refractivity contribution in [2.45, 2.75) is 24.8 Å². The third-order valence-corrected chi connectivity index (χ3v) is 3.11. The van der Waals surface area contributed by atoms with Crippen molar-refractivity contribution in [2.75, 3.05) is 12.3 Å². The quantitative estimate of drug-likeness (QED) is 0.743. The molecule has 1 aromatic rings. The monoisotopic (exact) mass is 238 g/mol. The van der Waals surface area contributed by atoms with E-state index in [2.05, 4.69) is 5.32 Å². The summed E-state index contributed by atoms with van der Waals surface area (Å²) < 4.78 is 0. The standard InChI is InChI=1S/C12H18N2OS/c1-2-7-14-12(15)9-16-11-5-3-10(8-13)4-6-11/h3-6H,2,7-9,13H2,1H3,(H,14,15). The highest BCUT2D eigenvalue weighted by Gasteiger charge is 2.01. The molecule has 4 heteroatoms. The molecule has 0 bridgehead atoms. The zero-order valence-electron chi connectivity index (χ0n) is 9.53. The fourth-order valence-electron chi connectivity index (χ4n) is 1.19. The van der Waals surface area contributed by atoms with E-state index in [0.29, 0.717) is 12.3 Å². The normalized spacial score (nSPS) is 10.1. The Hall–Kier alpha value is -1.00. The Morgan fingerprint density at radius 2 is 2.06 bits per heavy atom. The number of amides is 1. The largest absolute Gasteiger partial charge is 0.355 e. The molecule has 0 spiro atoms. The van der Waals surface area contributed by atoms with Gasteiger partial charge in [0, 0.05) is 18.0 Å². The summed E-state index contributed by atoms with van der Waals surface area (Å²) in [6, 6.07) is 7.98. The van der Waals surface area contributed by atoms with Crippen molar-refractivity contribution in [2.24, 2.45) is 5.73 Å². The summed E-state index contributed by atoms with van der Waals surface area (Å²) in [6.07, 6.45) is 0.974. The number of hydrogen-bond acceptors (Lipinski definition) is 3.